The number of amides is 1. The van der Waals surface area contributed by atoms with E-state index in [4.69, 9.17) is 4.74 Å². The predicted octanol–water partition coefficient (Wildman–Crippen LogP) is 4.60. The van der Waals surface area contributed by atoms with Gasteiger partial charge < -0.3 is 10.1 Å². The van der Waals surface area contributed by atoms with Crippen molar-refractivity contribution in [2.75, 3.05) is 6.54 Å². The molecule has 0 saturated carbocycles. The Morgan fingerprint density at radius 3 is 1.89 bits per heavy atom. The molecule has 2 unspecified atom stereocenters. The number of esters is 1. The van der Waals surface area contributed by atoms with Gasteiger partial charge in [0.1, 0.15) is 17.7 Å². The minimum Gasteiger partial charge on any atom is -0.458 e. The topological polar surface area (TPSA) is 55.4 Å². The Kier molecular flexibility index (Phi) is 7.67. The van der Waals surface area contributed by atoms with Crippen LogP contribution in [0.15, 0.2) is 48.5 Å². The highest BCUT2D eigenvalue weighted by molar-refractivity contribution is 5.94. The first-order valence-electron chi connectivity index (χ1n) is 9.32. The Morgan fingerprint density at radius 1 is 0.929 bits per heavy atom. The summed E-state index contributed by atoms with van der Waals surface area (Å²) in [5.41, 5.74) is 0.637. The lowest BCUT2D eigenvalue weighted by atomic mass is 9.88. The van der Waals surface area contributed by atoms with E-state index in [9.17, 15) is 18.4 Å². The molecule has 150 valence electrons. The van der Waals surface area contributed by atoms with Gasteiger partial charge in [0.05, 0.1) is 5.56 Å². The lowest BCUT2D eigenvalue weighted by Crippen LogP contribution is -2.39. The molecule has 0 radical (unpaired) electrons. The lowest BCUT2D eigenvalue weighted by molar-refractivity contribution is 0.00522. The minimum atomic E-state index is -0.526. The number of nitrogens with one attached hydrogen (secondary N) is 1. The van der Waals surface area contributed by atoms with Gasteiger partial charge in [0.15, 0.2) is 0 Å². The summed E-state index contributed by atoms with van der Waals surface area (Å²) < 4.78 is 31.7. The molecule has 0 heterocycles. The van der Waals surface area contributed by atoms with Crippen LogP contribution in [0.1, 0.15) is 47.9 Å². The van der Waals surface area contributed by atoms with Gasteiger partial charge in [0, 0.05) is 18.0 Å². The second-order valence-corrected chi connectivity index (χ2v) is 6.98. The Balaban J connectivity index is 2.03. The molecule has 1 N–H and O–H groups in total. The highest BCUT2D eigenvalue weighted by Gasteiger charge is 2.27. The molecule has 0 aromatic heterocycles. The van der Waals surface area contributed by atoms with E-state index in [1.165, 1.54) is 48.5 Å². The van der Waals surface area contributed by atoms with Crippen molar-refractivity contribution in [3.05, 3.63) is 71.3 Å². The number of benzene rings is 2. The molecule has 0 spiro atoms. The van der Waals surface area contributed by atoms with Gasteiger partial charge in [-0.25, -0.2) is 13.6 Å². The Hall–Kier alpha value is -2.76. The van der Waals surface area contributed by atoms with Crippen LogP contribution in [-0.2, 0) is 4.74 Å². The van der Waals surface area contributed by atoms with Crippen LogP contribution in [0.4, 0.5) is 8.78 Å². The monoisotopic (exact) mass is 389 g/mol. The third-order valence-electron chi connectivity index (χ3n) is 4.68. The van der Waals surface area contributed by atoms with Crippen LogP contribution in [0.25, 0.3) is 0 Å². The van der Waals surface area contributed by atoms with Crippen LogP contribution in [0, 0.1) is 23.5 Å². The van der Waals surface area contributed by atoms with Crippen molar-refractivity contribution in [2.45, 2.75) is 33.3 Å². The molecule has 2 rings (SSSR count). The quantitative estimate of drug-likeness (QED) is 0.671. The van der Waals surface area contributed by atoms with Gasteiger partial charge in [0.2, 0.25) is 0 Å². The maximum atomic E-state index is 13.0. The van der Waals surface area contributed by atoms with Crippen LogP contribution in [-0.4, -0.2) is 24.5 Å². The van der Waals surface area contributed by atoms with Gasteiger partial charge in [-0.3, -0.25) is 4.79 Å². The van der Waals surface area contributed by atoms with E-state index < -0.39 is 23.7 Å². The SMILES string of the molecule is CCC(OC(=O)c1ccc(F)cc1)C(CNC(=O)c1ccc(F)cc1)C(C)C. The maximum absolute atomic E-state index is 13.0. The van der Waals surface area contributed by atoms with Gasteiger partial charge in [-0.1, -0.05) is 20.8 Å². The van der Waals surface area contributed by atoms with Crippen molar-refractivity contribution in [1.29, 1.82) is 0 Å². The van der Waals surface area contributed by atoms with Gasteiger partial charge >= 0.3 is 5.97 Å². The highest BCUT2D eigenvalue weighted by atomic mass is 19.1. The Labute approximate surface area is 163 Å². The second kappa shape index (κ2) is 9.97. The first kappa shape index (κ1) is 21.5. The summed E-state index contributed by atoms with van der Waals surface area (Å²) in [4.78, 5) is 24.7. The zero-order valence-electron chi connectivity index (χ0n) is 16.2. The van der Waals surface area contributed by atoms with Crippen LogP contribution >= 0.6 is 0 Å². The van der Waals surface area contributed by atoms with Crippen LogP contribution < -0.4 is 5.32 Å². The van der Waals surface area contributed by atoms with Gasteiger partial charge in [-0.2, -0.15) is 0 Å². The molecule has 0 bridgehead atoms. The van der Waals surface area contributed by atoms with E-state index in [-0.39, 0.29) is 23.3 Å². The fourth-order valence-corrected chi connectivity index (χ4v) is 2.98. The van der Waals surface area contributed by atoms with Crippen LogP contribution in [0.2, 0.25) is 0 Å². The molecule has 0 aliphatic carbocycles. The summed E-state index contributed by atoms with van der Waals surface area (Å²) >= 11 is 0. The van der Waals surface area contributed by atoms with Gasteiger partial charge in [0.25, 0.3) is 5.91 Å². The van der Waals surface area contributed by atoms with E-state index >= 15 is 0 Å². The number of hydrogen-bond donors (Lipinski definition) is 1. The van der Waals surface area contributed by atoms with E-state index in [1.54, 1.807) is 0 Å². The Morgan fingerprint density at radius 2 is 1.43 bits per heavy atom. The minimum absolute atomic E-state index is 0.112. The molecule has 28 heavy (non-hydrogen) atoms. The second-order valence-electron chi connectivity index (χ2n) is 6.98. The van der Waals surface area contributed by atoms with Crippen LogP contribution in [0.5, 0.6) is 0 Å². The third-order valence-corrected chi connectivity index (χ3v) is 4.68. The van der Waals surface area contributed by atoms with Crippen molar-refractivity contribution in [1.82, 2.24) is 5.32 Å². The average Bonchev–Trinajstić information content (AvgIpc) is 2.67. The fraction of sp³-hybridized carbons (Fsp3) is 0.364. The molecule has 1 amide bonds. The number of ether oxygens (including phenoxy) is 1. The molecule has 2 aromatic rings. The Bertz CT molecular complexity index is 788. The number of carbonyl (C=O) groups is 2. The summed E-state index contributed by atoms with van der Waals surface area (Å²) in [5, 5.41) is 2.83. The van der Waals surface area contributed by atoms with E-state index in [2.05, 4.69) is 5.32 Å². The van der Waals surface area contributed by atoms with Crippen molar-refractivity contribution in [3.8, 4) is 0 Å². The van der Waals surface area contributed by atoms with Crippen molar-refractivity contribution in [3.63, 3.8) is 0 Å². The highest BCUT2D eigenvalue weighted by Crippen LogP contribution is 2.22. The molecule has 2 atom stereocenters. The van der Waals surface area contributed by atoms with E-state index in [0.29, 0.717) is 18.5 Å². The molecule has 0 aliphatic heterocycles. The molecular weight excluding hydrogens is 364 g/mol. The molecule has 6 heteroatoms. The first-order chi connectivity index (χ1) is 13.3. The predicted molar refractivity (Wildman–Crippen MR) is 103 cm³/mol. The smallest absolute Gasteiger partial charge is 0.338 e. The standard InChI is InChI=1S/C22H25F2NO3/c1-4-20(28-22(27)16-7-11-18(24)12-8-16)19(14(2)3)13-25-21(26)15-5-9-17(23)10-6-15/h5-12,14,19-20H,4,13H2,1-3H3,(H,25,26). The summed E-state index contributed by atoms with van der Waals surface area (Å²) in [6, 6.07) is 10.5. The van der Waals surface area contributed by atoms with Gasteiger partial charge in [-0.05, 0) is 60.9 Å². The van der Waals surface area contributed by atoms with E-state index in [1.807, 2.05) is 20.8 Å². The normalized spacial score (nSPS) is 13.1. The fourth-order valence-electron chi connectivity index (χ4n) is 2.98. The van der Waals surface area contributed by atoms with Gasteiger partial charge in [-0.15, -0.1) is 0 Å². The molecule has 4 nitrogen and oxygen atoms in total. The van der Waals surface area contributed by atoms with E-state index in [0.717, 1.165) is 0 Å². The average molecular weight is 389 g/mol. The summed E-state index contributed by atoms with van der Waals surface area (Å²) in [5.74, 6) is -1.64. The summed E-state index contributed by atoms with van der Waals surface area (Å²) in [7, 11) is 0. The number of carbonyl (C=O) groups excluding carboxylic acids is 2. The van der Waals surface area contributed by atoms with Crippen molar-refractivity contribution in [2.24, 2.45) is 11.8 Å². The number of rotatable bonds is 8. The molecule has 0 saturated heterocycles. The maximum Gasteiger partial charge on any atom is 0.338 e. The first-order valence-corrected chi connectivity index (χ1v) is 9.32. The summed E-state index contributed by atoms with van der Waals surface area (Å²) in [6.45, 7) is 6.19. The number of hydrogen-bond acceptors (Lipinski definition) is 3. The number of halogens is 2. The molecule has 0 fully saturated rings. The van der Waals surface area contributed by atoms with Crippen molar-refractivity contribution < 1.29 is 23.1 Å². The molecule has 2 aromatic carbocycles. The molecule has 0 aliphatic rings. The summed E-state index contributed by atoms with van der Waals surface area (Å²) in [6.07, 6.45) is 0.161. The zero-order valence-corrected chi connectivity index (χ0v) is 16.2. The largest absolute Gasteiger partial charge is 0.458 e. The molecular formula is C22H25F2NO3. The third kappa shape index (κ3) is 5.87. The van der Waals surface area contributed by atoms with Crippen LogP contribution in [0.3, 0.4) is 0 Å². The zero-order chi connectivity index (χ0) is 20.7. The van der Waals surface area contributed by atoms with Crippen molar-refractivity contribution >= 4 is 11.9 Å². The lowest BCUT2D eigenvalue weighted by Gasteiger charge is -2.29.